The Balaban J connectivity index is 4.49. The molecule has 0 amide bonds. The van der Waals surface area contributed by atoms with Gasteiger partial charge in [0.2, 0.25) is 0 Å². The Labute approximate surface area is 259 Å². The molecule has 0 heterocycles. The van der Waals surface area contributed by atoms with Crippen LogP contribution in [0.15, 0.2) is 24.3 Å². The van der Waals surface area contributed by atoms with Gasteiger partial charge in [0.05, 0.1) is 19.8 Å². The first-order chi connectivity index (χ1) is 20.7. The number of allylic oxidation sites excluding steroid dienone is 4. The predicted molar refractivity (Wildman–Crippen MR) is 168 cm³/mol. The zero-order valence-electron chi connectivity index (χ0n) is 26.7. The quantitative estimate of drug-likeness (QED) is 0.0323. The van der Waals surface area contributed by atoms with Crippen molar-refractivity contribution < 1.29 is 47.8 Å². The first-order valence-corrected chi connectivity index (χ1v) is 17.8. The highest BCUT2D eigenvalue weighted by Gasteiger charge is 2.27. The number of unbranched alkanes of at least 4 members (excludes halogenated alkanes) is 12. The van der Waals surface area contributed by atoms with Gasteiger partial charge in [0.1, 0.15) is 12.7 Å². The highest BCUT2D eigenvalue weighted by atomic mass is 31.2. The number of carbonyl (C=O) groups is 2. The van der Waals surface area contributed by atoms with Crippen LogP contribution in [0.4, 0.5) is 0 Å². The Hall–Kier alpha value is -1.55. The predicted octanol–water partition coefficient (Wildman–Crippen LogP) is 7.10. The lowest BCUT2D eigenvalue weighted by molar-refractivity contribution is -0.161. The largest absolute Gasteiger partial charge is 0.472 e. The fourth-order valence-corrected chi connectivity index (χ4v) is 4.78. The number of esters is 2. The fraction of sp³-hybridized carbons (Fsp3) is 0.812. The number of rotatable bonds is 30. The molecule has 3 unspecified atom stereocenters. The monoisotopic (exact) mass is 634 g/mol. The topological polar surface area (TPSA) is 149 Å². The van der Waals surface area contributed by atoms with Gasteiger partial charge in [-0.15, -0.1) is 0 Å². The number of carbonyl (C=O) groups excluding carboxylic acids is 2. The second-order valence-electron chi connectivity index (χ2n) is 10.8. The molecule has 3 N–H and O–H groups in total. The maximum absolute atomic E-state index is 12.4. The van der Waals surface area contributed by atoms with Gasteiger partial charge < -0.3 is 24.6 Å². The minimum Gasteiger partial charge on any atom is -0.462 e. The summed E-state index contributed by atoms with van der Waals surface area (Å²) in [7, 11) is -4.60. The van der Waals surface area contributed by atoms with Crippen LogP contribution in [-0.4, -0.2) is 65.7 Å². The van der Waals surface area contributed by atoms with E-state index in [1.807, 2.05) is 0 Å². The van der Waals surface area contributed by atoms with E-state index in [1.165, 1.54) is 0 Å². The summed E-state index contributed by atoms with van der Waals surface area (Å²) in [4.78, 5) is 34.5. The maximum Gasteiger partial charge on any atom is 0.472 e. The number of hydrogen-bond acceptors (Lipinski definition) is 9. The van der Waals surface area contributed by atoms with Crippen molar-refractivity contribution in [2.24, 2.45) is 0 Å². The zero-order chi connectivity index (χ0) is 32.0. The van der Waals surface area contributed by atoms with Crippen LogP contribution in [0.2, 0.25) is 0 Å². The Bertz CT molecular complexity index is 786. The standard InChI is InChI=1S/C32H59O10P/c1-3-5-7-9-11-13-15-17-19-21-23-31(35)39-27-30(28-41-43(37,38)40-26-29(34)25-33)42-32(36)24-22-20-18-16-14-12-10-8-6-4-2/h7-10,29-30,33-34H,3-6,11-28H2,1-2H3,(H,37,38)/b9-7-,10-8-. The molecule has 0 aliphatic rings. The normalized spacial score (nSPS) is 14.6. The van der Waals surface area contributed by atoms with Gasteiger partial charge in [-0.25, -0.2) is 4.57 Å². The first kappa shape index (κ1) is 41.4. The Morgan fingerprint density at radius 1 is 0.674 bits per heavy atom. The summed E-state index contributed by atoms with van der Waals surface area (Å²) in [5.41, 5.74) is 0. The van der Waals surface area contributed by atoms with Crippen molar-refractivity contribution in [3.05, 3.63) is 24.3 Å². The van der Waals surface area contributed by atoms with Crippen molar-refractivity contribution in [1.29, 1.82) is 0 Å². The lowest BCUT2D eigenvalue weighted by atomic mass is 10.1. The van der Waals surface area contributed by atoms with Gasteiger partial charge in [-0.3, -0.25) is 18.6 Å². The molecular weight excluding hydrogens is 575 g/mol. The van der Waals surface area contributed by atoms with Crippen molar-refractivity contribution in [3.63, 3.8) is 0 Å². The third-order valence-electron chi connectivity index (χ3n) is 6.54. The van der Waals surface area contributed by atoms with E-state index in [0.717, 1.165) is 89.9 Å². The van der Waals surface area contributed by atoms with Crippen molar-refractivity contribution in [2.45, 2.75) is 142 Å². The molecule has 11 heteroatoms. The van der Waals surface area contributed by atoms with Gasteiger partial charge in [-0.2, -0.15) is 0 Å². The van der Waals surface area contributed by atoms with Crippen molar-refractivity contribution in [3.8, 4) is 0 Å². The van der Waals surface area contributed by atoms with Crippen LogP contribution in [-0.2, 0) is 32.7 Å². The van der Waals surface area contributed by atoms with E-state index in [9.17, 15) is 24.2 Å². The summed E-state index contributed by atoms with van der Waals surface area (Å²) in [5.74, 6) is -0.955. The second kappa shape index (κ2) is 29.2. The van der Waals surface area contributed by atoms with Gasteiger partial charge in [0, 0.05) is 12.8 Å². The third kappa shape index (κ3) is 28.9. The van der Waals surface area contributed by atoms with Crippen molar-refractivity contribution >= 4 is 19.8 Å². The minimum atomic E-state index is -4.60. The highest BCUT2D eigenvalue weighted by molar-refractivity contribution is 7.47. The number of aliphatic hydroxyl groups excluding tert-OH is 2. The number of ether oxygens (including phenoxy) is 2. The summed E-state index contributed by atoms with van der Waals surface area (Å²) in [5, 5.41) is 18.2. The molecule has 0 aromatic rings. The zero-order valence-corrected chi connectivity index (χ0v) is 27.6. The molecular formula is C32H59O10P. The van der Waals surface area contributed by atoms with Gasteiger partial charge in [0.15, 0.2) is 6.10 Å². The number of phosphoric acid groups is 1. The molecule has 0 aliphatic carbocycles. The van der Waals surface area contributed by atoms with E-state index in [4.69, 9.17) is 19.1 Å². The average molecular weight is 635 g/mol. The molecule has 0 radical (unpaired) electrons. The minimum absolute atomic E-state index is 0.172. The molecule has 43 heavy (non-hydrogen) atoms. The number of phosphoric ester groups is 1. The SMILES string of the molecule is CCC/C=C\CCCCCCCC(=O)OCC(COP(=O)(O)OCC(O)CO)OC(=O)CCCCCCC/C=C\CCC. The Morgan fingerprint density at radius 3 is 1.67 bits per heavy atom. The van der Waals surface area contributed by atoms with Crippen LogP contribution in [0.1, 0.15) is 129 Å². The van der Waals surface area contributed by atoms with Crippen LogP contribution >= 0.6 is 7.82 Å². The third-order valence-corrected chi connectivity index (χ3v) is 7.49. The molecule has 0 aromatic heterocycles. The van der Waals surface area contributed by atoms with E-state index in [1.54, 1.807) is 0 Å². The molecule has 3 atom stereocenters. The number of hydrogen-bond donors (Lipinski definition) is 3. The summed E-state index contributed by atoms with van der Waals surface area (Å²) < 4.78 is 32.3. The maximum atomic E-state index is 12.4. The molecule has 252 valence electrons. The summed E-state index contributed by atoms with van der Waals surface area (Å²) >= 11 is 0. The van der Waals surface area contributed by atoms with E-state index >= 15 is 0 Å². The second-order valence-corrected chi connectivity index (χ2v) is 12.3. The molecule has 10 nitrogen and oxygen atoms in total. The van der Waals surface area contributed by atoms with Gasteiger partial charge in [-0.1, -0.05) is 89.5 Å². The van der Waals surface area contributed by atoms with E-state index in [0.29, 0.717) is 12.8 Å². The summed E-state index contributed by atoms with van der Waals surface area (Å²) in [6, 6.07) is 0. The van der Waals surface area contributed by atoms with E-state index < -0.39 is 51.8 Å². The smallest absolute Gasteiger partial charge is 0.462 e. The average Bonchev–Trinajstić information content (AvgIpc) is 2.99. The fourth-order valence-electron chi connectivity index (χ4n) is 4.00. The van der Waals surface area contributed by atoms with Gasteiger partial charge in [0.25, 0.3) is 0 Å². The van der Waals surface area contributed by atoms with Crippen molar-refractivity contribution in [1.82, 2.24) is 0 Å². The van der Waals surface area contributed by atoms with E-state index in [2.05, 4.69) is 42.7 Å². The lowest BCUT2D eigenvalue weighted by Crippen LogP contribution is -2.29. The Morgan fingerprint density at radius 2 is 1.14 bits per heavy atom. The van der Waals surface area contributed by atoms with Crippen LogP contribution in [0.25, 0.3) is 0 Å². The van der Waals surface area contributed by atoms with Crippen LogP contribution in [0.5, 0.6) is 0 Å². The highest BCUT2D eigenvalue weighted by Crippen LogP contribution is 2.43. The Kier molecular flexibility index (Phi) is 28.1. The molecule has 0 fully saturated rings. The molecule has 0 aromatic carbocycles. The molecule has 0 bridgehead atoms. The van der Waals surface area contributed by atoms with Crippen LogP contribution in [0, 0.1) is 0 Å². The summed E-state index contributed by atoms with van der Waals surface area (Å²) in [6.45, 7) is 2.19. The van der Waals surface area contributed by atoms with E-state index in [-0.39, 0.29) is 19.4 Å². The molecule has 0 saturated carbocycles. The van der Waals surface area contributed by atoms with Gasteiger partial charge in [-0.05, 0) is 51.4 Å². The first-order valence-electron chi connectivity index (χ1n) is 16.3. The summed E-state index contributed by atoms with van der Waals surface area (Å²) in [6.07, 6.45) is 23.1. The molecule has 0 saturated heterocycles. The van der Waals surface area contributed by atoms with Crippen LogP contribution < -0.4 is 0 Å². The molecule has 0 aliphatic heterocycles. The lowest BCUT2D eigenvalue weighted by Gasteiger charge is -2.20. The molecule has 0 rings (SSSR count). The van der Waals surface area contributed by atoms with Crippen molar-refractivity contribution in [2.75, 3.05) is 26.4 Å². The molecule has 0 spiro atoms. The van der Waals surface area contributed by atoms with Gasteiger partial charge >= 0.3 is 19.8 Å². The van der Waals surface area contributed by atoms with Crippen LogP contribution in [0.3, 0.4) is 0 Å². The number of aliphatic hydroxyl groups is 2.